The van der Waals surface area contributed by atoms with Crippen molar-refractivity contribution in [3.63, 3.8) is 0 Å². The molecule has 1 aliphatic carbocycles. The molecule has 0 unspecified atom stereocenters. The molecule has 4 nitrogen and oxygen atoms in total. The van der Waals surface area contributed by atoms with Crippen LogP contribution in [-0.2, 0) is 16.0 Å². The van der Waals surface area contributed by atoms with E-state index in [4.69, 9.17) is 4.74 Å². The molecule has 144 valence electrons. The minimum atomic E-state index is -0.610. The molecule has 0 N–H and O–H groups in total. The van der Waals surface area contributed by atoms with Gasteiger partial charge in [-0.15, -0.1) is 0 Å². The summed E-state index contributed by atoms with van der Waals surface area (Å²) in [5.41, 5.74) is 1.46. The number of hydrogen-bond donors (Lipinski definition) is 0. The molecule has 1 aliphatic rings. The number of halogens is 1. The van der Waals surface area contributed by atoms with Crippen LogP contribution in [0.4, 0.5) is 4.39 Å². The maximum atomic E-state index is 14.7. The molecule has 0 bridgehead atoms. The number of allylic oxidation sites excluding steroid dienone is 1. The van der Waals surface area contributed by atoms with E-state index in [0.717, 1.165) is 5.56 Å². The molecule has 1 aromatic heterocycles. The predicted molar refractivity (Wildman–Crippen MR) is 104 cm³/mol. The first kappa shape index (κ1) is 19.3. The first-order valence-electron chi connectivity index (χ1n) is 9.19. The van der Waals surface area contributed by atoms with Gasteiger partial charge in [-0.05, 0) is 56.9 Å². The molecule has 0 amide bonds. The molecule has 2 aromatic rings. The number of ether oxygens (including phenoxy) is 1. The highest BCUT2D eigenvalue weighted by molar-refractivity contribution is 6.05. The molecule has 1 heterocycles. The highest BCUT2D eigenvalue weighted by Gasteiger charge is 2.29. The molecule has 27 heavy (non-hydrogen) atoms. The Labute approximate surface area is 159 Å². The number of carbonyl (C=O) groups excluding carboxylic acids is 2. The Morgan fingerprint density at radius 1 is 1.11 bits per heavy atom. The van der Waals surface area contributed by atoms with E-state index < -0.39 is 17.0 Å². The molecular formula is C22H26FNO3. The van der Waals surface area contributed by atoms with Crippen molar-refractivity contribution in [2.45, 2.75) is 60.0 Å². The van der Waals surface area contributed by atoms with Gasteiger partial charge < -0.3 is 4.74 Å². The molecule has 0 atom stereocenters. The zero-order chi connectivity index (χ0) is 20.1. The monoisotopic (exact) mass is 371 g/mol. The topological polar surface area (TPSA) is 48.3 Å². The maximum Gasteiger partial charge on any atom is 0.331 e. The summed E-state index contributed by atoms with van der Waals surface area (Å²) in [5, 5.41) is 0.716. The number of hydrogen-bond acceptors (Lipinski definition) is 3. The van der Waals surface area contributed by atoms with E-state index in [-0.39, 0.29) is 11.7 Å². The Morgan fingerprint density at radius 3 is 2.37 bits per heavy atom. The summed E-state index contributed by atoms with van der Waals surface area (Å²) in [5.74, 6) is -0.919. The average Bonchev–Trinajstić information content (AvgIpc) is 2.88. The third-order valence-electron chi connectivity index (χ3n) is 4.54. The molecule has 1 aromatic carbocycles. The van der Waals surface area contributed by atoms with E-state index in [1.54, 1.807) is 31.4 Å². The second-order valence-corrected chi connectivity index (χ2v) is 9.10. The molecule has 0 fully saturated rings. The van der Waals surface area contributed by atoms with E-state index >= 15 is 0 Å². The Bertz CT molecular complexity index is 968. The van der Waals surface area contributed by atoms with Crippen molar-refractivity contribution in [3.8, 4) is 0 Å². The highest BCUT2D eigenvalue weighted by Crippen LogP contribution is 2.39. The average molecular weight is 371 g/mol. The zero-order valence-corrected chi connectivity index (χ0v) is 16.8. The van der Waals surface area contributed by atoms with Crippen molar-refractivity contribution < 1.29 is 18.7 Å². The highest BCUT2D eigenvalue weighted by atomic mass is 19.1. The van der Waals surface area contributed by atoms with Crippen molar-refractivity contribution in [2.24, 2.45) is 5.41 Å². The third kappa shape index (κ3) is 3.68. The minimum Gasteiger partial charge on any atom is -0.457 e. The van der Waals surface area contributed by atoms with Gasteiger partial charge in [-0.3, -0.25) is 9.36 Å². The Balaban J connectivity index is 2.16. The van der Waals surface area contributed by atoms with Crippen LogP contribution in [-0.4, -0.2) is 22.0 Å². The van der Waals surface area contributed by atoms with Gasteiger partial charge in [0.1, 0.15) is 11.4 Å². The summed E-state index contributed by atoms with van der Waals surface area (Å²) in [6.45, 7) is 11.0. The normalized spacial score (nSPS) is 16.0. The van der Waals surface area contributed by atoms with Gasteiger partial charge in [0, 0.05) is 28.6 Å². The fourth-order valence-electron chi connectivity index (χ4n) is 3.43. The molecule has 3 rings (SSSR count). The van der Waals surface area contributed by atoms with Crippen LogP contribution in [0.2, 0.25) is 0 Å². The van der Waals surface area contributed by atoms with E-state index in [2.05, 4.69) is 0 Å². The van der Waals surface area contributed by atoms with Gasteiger partial charge in [0.15, 0.2) is 0 Å². The van der Waals surface area contributed by atoms with Crippen LogP contribution in [0.1, 0.15) is 63.9 Å². The summed E-state index contributed by atoms with van der Waals surface area (Å²) >= 11 is 0. The fraction of sp³-hybridized carbons (Fsp3) is 0.455. The molecule has 0 aliphatic heterocycles. The first-order chi connectivity index (χ1) is 12.4. The number of benzene rings is 1. The lowest BCUT2D eigenvalue weighted by Crippen LogP contribution is -2.26. The number of rotatable bonds is 1. The lowest BCUT2D eigenvalue weighted by Gasteiger charge is -2.20. The fourth-order valence-corrected chi connectivity index (χ4v) is 3.43. The van der Waals surface area contributed by atoms with Crippen molar-refractivity contribution in [3.05, 3.63) is 41.3 Å². The third-order valence-corrected chi connectivity index (χ3v) is 4.54. The molecule has 0 saturated carbocycles. The van der Waals surface area contributed by atoms with Crippen molar-refractivity contribution >= 4 is 28.4 Å². The SMILES string of the molecule is CC(C)(C)OC(=O)/C=C1\CCc2cn(C(=O)C(C)(C)C)c3ccc(F)c1c23. The number of aryl methyl sites for hydroxylation is 1. The largest absolute Gasteiger partial charge is 0.457 e. The van der Waals surface area contributed by atoms with Crippen molar-refractivity contribution in [1.82, 2.24) is 4.57 Å². The molecule has 0 spiro atoms. The van der Waals surface area contributed by atoms with Crippen LogP contribution >= 0.6 is 0 Å². The predicted octanol–water partition coefficient (Wildman–Crippen LogP) is 5.14. The van der Waals surface area contributed by atoms with Crippen LogP contribution in [0.25, 0.3) is 16.5 Å². The second-order valence-electron chi connectivity index (χ2n) is 9.10. The Kier molecular flexibility index (Phi) is 4.53. The lowest BCUT2D eigenvalue weighted by atomic mass is 9.88. The van der Waals surface area contributed by atoms with Gasteiger partial charge >= 0.3 is 5.97 Å². The summed E-state index contributed by atoms with van der Waals surface area (Å²) in [7, 11) is 0. The quantitative estimate of drug-likeness (QED) is 0.515. The summed E-state index contributed by atoms with van der Waals surface area (Å²) in [6, 6.07) is 3.00. The molecular weight excluding hydrogens is 345 g/mol. The van der Waals surface area contributed by atoms with Crippen molar-refractivity contribution in [1.29, 1.82) is 0 Å². The number of carbonyl (C=O) groups is 2. The van der Waals surface area contributed by atoms with Crippen LogP contribution in [0.5, 0.6) is 0 Å². The smallest absolute Gasteiger partial charge is 0.331 e. The molecule has 0 radical (unpaired) electrons. The van der Waals surface area contributed by atoms with Gasteiger partial charge in [0.2, 0.25) is 5.91 Å². The van der Waals surface area contributed by atoms with Crippen LogP contribution in [0.3, 0.4) is 0 Å². The second kappa shape index (κ2) is 6.32. The number of nitrogens with zero attached hydrogens (tertiary/aromatic N) is 1. The molecule has 0 saturated heterocycles. The van der Waals surface area contributed by atoms with E-state index in [1.165, 1.54) is 12.1 Å². The van der Waals surface area contributed by atoms with E-state index in [1.807, 2.05) is 27.0 Å². The van der Waals surface area contributed by atoms with Crippen LogP contribution in [0, 0.1) is 11.2 Å². The van der Waals surface area contributed by atoms with Gasteiger partial charge in [0.05, 0.1) is 5.52 Å². The minimum absolute atomic E-state index is 0.0455. The van der Waals surface area contributed by atoms with Crippen LogP contribution in [0.15, 0.2) is 24.4 Å². The summed E-state index contributed by atoms with van der Waals surface area (Å²) in [6.07, 6.45) is 4.36. The first-order valence-corrected chi connectivity index (χ1v) is 9.19. The number of esters is 1. The van der Waals surface area contributed by atoms with E-state index in [0.29, 0.717) is 34.9 Å². The Morgan fingerprint density at radius 2 is 1.78 bits per heavy atom. The summed E-state index contributed by atoms with van der Waals surface area (Å²) in [4.78, 5) is 25.1. The maximum absolute atomic E-state index is 14.7. The summed E-state index contributed by atoms with van der Waals surface area (Å²) < 4.78 is 21.7. The number of aromatic nitrogens is 1. The van der Waals surface area contributed by atoms with Gasteiger partial charge in [-0.1, -0.05) is 20.8 Å². The van der Waals surface area contributed by atoms with Gasteiger partial charge in [-0.25, -0.2) is 9.18 Å². The van der Waals surface area contributed by atoms with Gasteiger partial charge in [-0.2, -0.15) is 0 Å². The lowest BCUT2D eigenvalue weighted by molar-refractivity contribution is -0.148. The van der Waals surface area contributed by atoms with Gasteiger partial charge in [0.25, 0.3) is 0 Å². The zero-order valence-electron chi connectivity index (χ0n) is 16.8. The van der Waals surface area contributed by atoms with Crippen LogP contribution < -0.4 is 0 Å². The standard InChI is InChI=1S/C22H26FNO3/c1-21(2,3)20(26)24-12-14-8-7-13(11-17(25)27-22(4,5)6)18-15(23)9-10-16(24)19(14)18/h9-12H,7-8H2,1-6H3/b13-11+. The molecule has 5 heteroatoms. The van der Waals surface area contributed by atoms with E-state index in [9.17, 15) is 14.0 Å². The Hall–Kier alpha value is -2.43. The van der Waals surface area contributed by atoms with Crippen molar-refractivity contribution in [2.75, 3.05) is 0 Å².